The average Bonchev–Trinajstić information content (AvgIpc) is 2.56. The molecule has 2 nitrogen and oxygen atoms in total. The predicted octanol–water partition coefficient (Wildman–Crippen LogP) is 6.42. The standard InChI is InChI=1S/C21H43NO/c1-4-6-8-10-12-14-16-18-21(23)20(3)22-19-17-15-13-11-9-7-5-2/h20,22H,4-19H2,1-3H3. The Morgan fingerprint density at radius 1 is 0.696 bits per heavy atom. The minimum Gasteiger partial charge on any atom is -0.308 e. The van der Waals surface area contributed by atoms with Crippen LogP contribution in [0.1, 0.15) is 117 Å². The van der Waals surface area contributed by atoms with Gasteiger partial charge >= 0.3 is 0 Å². The van der Waals surface area contributed by atoms with Gasteiger partial charge in [-0.2, -0.15) is 0 Å². The molecule has 0 aliphatic heterocycles. The number of hydrogen-bond donors (Lipinski definition) is 1. The van der Waals surface area contributed by atoms with Crippen LogP contribution in [0.4, 0.5) is 0 Å². The van der Waals surface area contributed by atoms with Crippen LogP contribution in [0.2, 0.25) is 0 Å². The van der Waals surface area contributed by atoms with Crippen molar-refractivity contribution in [3.8, 4) is 0 Å². The maximum Gasteiger partial charge on any atom is 0.149 e. The van der Waals surface area contributed by atoms with Crippen molar-refractivity contribution >= 4 is 5.78 Å². The highest BCUT2D eigenvalue weighted by atomic mass is 16.1. The van der Waals surface area contributed by atoms with Crippen LogP contribution in [-0.2, 0) is 4.79 Å². The molecule has 0 saturated carbocycles. The number of unbranched alkanes of at least 4 members (excludes halogenated alkanes) is 12. The molecule has 0 amide bonds. The van der Waals surface area contributed by atoms with E-state index in [1.807, 2.05) is 6.92 Å². The van der Waals surface area contributed by atoms with Gasteiger partial charge in [-0.1, -0.05) is 90.9 Å². The zero-order valence-electron chi connectivity index (χ0n) is 16.3. The van der Waals surface area contributed by atoms with E-state index in [2.05, 4.69) is 19.2 Å². The van der Waals surface area contributed by atoms with Crippen LogP contribution < -0.4 is 5.32 Å². The molecule has 0 fully saturated rings. The Morgan fingerprint density at radius 3 is 1.65 bits per heavy atom. The van der Waals surface area contributed by atoms with E-state index in [4.69, 9.17) is 0 Å². The zero-order chi connectivity index (χ0) is 17.2. The van der Waals surface area contributed by atoms with E-state index in [-0.39, 0.29) is 6.04 Å². The molecule has 1 N–H and O–H groups in total. The molecule has 0 aliphatic rings. The third-order valence-corrected chi connectivity index (χ3v) is 4.74. The summed E-state index contributed by atoms with van der Waals surface area (Å²) in [6, 6.07) is 0.0511. The van der Waals surface area contributed by atoms with Crippen molar-refractivity contribution in [1.82, 2.24) is 5.32 Å². The third-order valence-electron chi connectivity index (χ3n) is 4.74. The van der Waals surface area contributed by atoms with Crippen molar-refractivity contribution in [3.05, 3.63) is 0 Å². The van der Waals surface area contributed by atoms with Crippen molar-refractivity contribution in [3.63, 3.8) is 0 Å². The number of Topliss-reactive ketones (excluding diaryl/α,β-unsaturated/α-hetero) is 1. The maximum absolute atomic E-state index is 12.1. The lowest BCUT2D eigenvalue weighted by molar-refractivity contribution is -0.120. The number of ketones is 1. The molecule has 2 heteroatoms. The fourth-order valence-electron chi connectivity index (χ4n) is 2.99. The van der Waals surface area contributed by atoms with E-state index in [0.29, 0.717) is 5.78 Å². The van der Waals surface area contributed by atoms with Crippen molar-refractivity contribution in [2.24, 2.45) is 0 Å². The Bertz CT molecular complexity index is 252. The average molecular weight is 326 g/mol. The highest BCUT2D eigenvalue weighted by Gasteiger charge is 2.10. The van der Waals surface area contributed by atoms with Crippen LogP contribution >= 0.6 is 0 Å². The first-order valence-electron chi connectivity index (χ1n) is 10.5. The van der Waals surface area contributed by atoms with E-state index in [9.17, 15) is 4.79 Å². The Morgan fingerprint density at radius 2 is 1.13 bits per heavy atom. The van der Waals surface area contributed by atoms with Crippen LogP contribution in [0.5, 0.6) is 0 Å². The second-order valence-corrected chi connectivity index (χ2v) is 7.13. The van der Waals surface area contributed by atoms with Gasteiger partial charge in [0.15, 0.2) is 0 Å². The Labute approximate surface area is 146 Å². The molecule has 0 aromatic rings. The van der Waals surface area contributed by atoms with Gasteiger partial charge in [0.2, 0.25) is 0 Å². The lowest BCUT2D eigenvalue weighted by Crippen LogP contribution is -2.34. The van der Waals surface area contributed by atoms with E-state index in [0.717, 1.165) is 19.4 Å². The first kappa shape index (κ1) is 22.6. The highest BCUT2D eigenvalue weighted by molar-refractivity contribution is 5.83. The summed E-state index contributed by atoms with van der Waals surface area (Å²) in [6.45, 7) is 7.54. The monoisotopic (exact) mass is 325 g/mol. The molecular weight excluding hydrogens is 282 g/mol. The summed E-state index contributed by atoms with van der Waals surface area (Å²) < 4.78 is 0. The van der Waals surface area contributed by atoms with Crippen LogP contribution in [-0.4, -0.2) is 18.4 Å². The Kier molecular flexibility index (Phi) is 17.7. The van der Waals surface area contributed by atoms with Gasteiger partial charge in [0.1, 0.15) is 5.78 Å². The quantitative estimate of drug-likeness (QED) is 0.294. The van der Waals surface area contributed by atoms with Crippen LogP contribution in [0.3, 0.4) is 0 Å². The number of carbonyl (C=O) groups is 1. The molecule has 23 heavy (non-hydrogen) atoms. The van der Waals surface area contributed by atoms with Gasteiger partial charge in [-0.25, -0.2) is 0 Å². The SMILES string of the molecule is CCCCCCCCCNC(C)C(=O)CCCCCCCCC. The molecule has 0 bridgehead atoms. The van der Waals surface area contributed by atoms with Gasteiger partial charge in [-0.3, -0.25) is 4.79 Å². The summed E-state index contributed by atoms with van der Waals surface area (Å²) in [4.78, 5) is 12.1. The molecular formula is C21H43NO. The molecule has 0 saturated heterocycles. The van der Waals surface area contributed by atoms with Crippen molar-refractivity contribution in [1.29, 1.82) is 0 Å². The molecule has 0 spiro atoms. The van der Waals surface area contributed by atoms with Crippen molar-refractivity contribution in [2.75, 3.05) is 6.54 Å². The summed E-state index contributed by atoms with van der Waals surface area (Å²) in [7, 11) is 0. The molecule has 1 unspecified atom stereocenters. The van der Waals surface area contributed by atoms with Gasteiger partial charge in [-0.15, -0.1) is 0 Å². The summed E-state index contributed by atoms with van der Waals surface area (Å²) in [5, 5.41) is 3.40. The van der Waals surface area contributed by atoms with Crippen molar-refractivity contribution in [2.45, 2.75) is 123 Å². The summed E-state index contributed by atoms with van der Waals surface area (Å²) >= 11 is 0. The highest BCUT2D eigenvalue weighted by Crippen LogP contribution is 2.09. The number of rotatable bonds is 18. The van der Waals surface area contributed by atoms with Gasteiger partial charge in [0.25, 0.3) is 0 Å². The van der Waals surface area contributed by atoms with Crippen molar-refractivity contribution < 1.29 is 4.79 Å². The predicted molar refractivity (Wildman–Crippen MR) is 103 cm³/mol. The minimum atomic E-state index is 0.0511. The lowest BCUT2D eigenvalue weighted by atomic mass is 10.0. The summed E-state index contributed by atoms with van der Waals surface area (Å²) in [5.74, 6) is 0.404. The molecule has 1 atom stereocenters. The topological polar surface area (TPSA) is 29.1 Å². The number of hydrogen-bond acceptors (Lipinski definition) is 2. The first-order valence-corrected chi connectivity index (χ1v) is 10.5. The van der Waals surface area contributed by atoms with Gasteiger partial charge in [0.05, 0.1) is 6.04 Å². The minimum absolute atomic E-state index is 0.0511. The summed E-state index contributed by atoms with van der Waals surface area (Å²) in [6.07, 6.45) is 19.0. The smallest absolute Gasteiger partial charge is 0.149 e. The van der Waals surface area contributed by atoms with E-state index < -0.39 is 0 Å². The van der Waals surface area contributed by atoms with Gasteiger partial charge in [0, 0.05) is 6.42 Å². The maximum atomic E-state index is 12.1. The molecule has 0 aromatic heterocycles. The van der Waals surface area contributed by atoms with Crippen LogP contribution in [0, 0.1) is 0 Å². The fourth-order valence-corrected chi connectivity index (χ4v) is 2.99. The Hall–Kier alpha value is -0.370. The van der Waals surface area contributed by atoms with Gasteiger partial charge < -0.3 is 5.32 Å². The second kappa shape index (κ2) is 18.0. The number of carbonyl (C=O) groups excluding carboxylic acids is 1. The fraction of sp³-hybridized carbons (Fsp3) is 0.952. The number of nitrogens with one attached hydrogen (secondary N) is 1. The largest absolute Gasteiger partial charge is 0.308 e. The molecule has 0 radical (unpaired) electrons. The van der Waals surface area contributed by atoms with Crippen LogP contribution in [0.15, 0.2) is 0 Å². The molecule has 0 aliphatic carbocycles. The Balaban J connectivity index is 3.35. The third kappa shape index (κ3) is 16.3. The second-order valence-electron chi connectivity index (χ2n) is 7.13. The van der Waals surface area contributed by atoms with Crippen LogP contribution in [0.25, 0.3) is 0 Å². The molecule has 138 valence electrons. The normalized spacial score (nSPS) is 12.5. The van der Waals surface area contributed by atoms with E-state index >= 15 is 0 Å². The summed E-state index contributed by atoms with van der Waals surface area (Å²) in [5.41, 5.74) is 0. The zero-order valence-corrected chi connectivity index (χ0v) is 16.3. The molecule has 0 aromatic carbocycles. The molecule has 0 rings (SSSR count). The van der Waals surface area contributed by atoms with E-state index in [1.54, 1.807) is 0 Å². The van der Waals surface area contributed by atoms with Gasteiger partial charge in [-0.05, 0) is 26.3 Å². The first-order chi connectivity index (χ1) is 11.2. The molecule has 0 heterocycles. The van der Waals surface area contributed by atoms with E-state index in [1.165, 1.54) is 83.5 Å². The lowest BCUT2D eigenvalue weighted by Gasteiger charge is -2.12.